The van der Waals surface area contributed by atoms with Crippen LogP contribution in [0.15, 0.2) is 48.5 Å². The topological polar surface area (TPSA) is 32.3 Å². The zero-order chi connectivity index (χ0) is 18.4. The lowest BCUT2D eigenvalue weighted by molar-refractivity contribution is -0.123. The second-order valence-electron chi connectivity index (χ2n) is 6.61. The van der Waals surface area contributed by atoms with Crippen LogP contribution in [0.4, 0.5) is 8.78 Å². The van der Waals surface area contributed by atoms with Gasteiger partial charge in [-0.25, -0.2) is 8.78 Å². The molecule has 0 aliphatic carbocycles. The first-order valence-corrected chi connectivity index (χ1v) is 8.33. The van der Waals surface area contributed by atoms with Gasteiger partial charge in [-0.15, -0.1) is 0 Å². The predicted octanol–water partition coefficient (Wildman–Crippen LogP) is 3.91. The van der Waals surface area contributed by atoms with E-state index in [1.807, 2.05) is 30.3 Å². The van der Waals surface area contributed by atoms with Gasteiger partial charge >= 0.3 is 0 Å². The van der Waals surface area contributed by atoms with E-state index >= 15 is 0 Å². The standard InChI is InChI=1S/C20H24F2N2O/c1-14(2)20(15-7-5-4-6-8-15)23-19(25)13-24(3)12-16-9-10-17(21)11-18(16)22/h4-11,14,20H,12-13H2,1-3H3,(H,23,25). The van der Waals surface area contributed by atoms with Crippen LogP contribution in [0, 0.1) is 17.6 Å². The third kappa shape index (κ3) is 5.64. The van der Waals surface area contributed by atoms with E-state index in [0.717, 1.165) is 11.6 Å². The summed E-state index contributed by atoms with van der Waals surface area (Å²) in [7, 11) is 1.73. The van der Waals surface area contributed by atoms with Gasteiger partial charge < -0.3 is 5.32 Å². The second-order valence-corrected chi connectivity index (χ2v) is 6.61. The van der Waals surface area contributed by atoms with Crippen LogP contribution < -0.4 is 5.32 Å². The fourth-order valence-electron chi connectivity index (χ4n) is 2.76. The Morgan fingerprint density at radius 3 is 2.40 bits per heavy atom. The molecule has 0 saturated heterocycles. The van der Waals surface area contributed by atoms with Crippen molar-refractivity contribution >= 4 is 5.91 Å². The monoisotopic (exact) mass is 346 g/mol. The van der Waals surface area contributed by atoms with Crippen molar-refractivity contribution in [1.82, 2.24) is 10.2 Å². The van der Waals surface area contributed by atoms with Crippen molar-refractivity contribution in [2.75, 3.05) is 13.6 Å². The zero-order valence-corrected chi connectivity index (χ0v) is 14.8. The van der Waals surface area contributed by atoms with Crippen LogP contribution >= 0.6 is 0 Å². The van der Waals surface area contributed by atoms with Crippen LogP contribution in [-0.2, 0) is 11.3 Å². The highest BCUT2D eigenvalue weighted by Crippen LogP contribution is 2.21. The quantitative estimate of drug-likeness (QED) is 0.824. The molecule has 2 aromatic rings. The van der Waals surface area contributed by atoms with Crippen molar-refractivity contribution in [3.63, 3.8) is 0 Å². The molecular weight excluding hydrogens is 322 g/mol. The molecule has 1 amide bonds. The SMILES string of the molecule is CC(C)C(NC(=O)CN(C)Cc1ccc(F)cc1F)c1ccccc1. The molecule has 0 aliphatic rings. The maximum absolute atomic E-state index is 13.7. The molecule has 5 heteroatoms. The predicted molar refractivity (Wildman–Crippen MR) is 94.9 cm³/mol. The maximum Gasteiger partial charge on any atom is 0.234 e. The Kier molecular flexibility index (Phi) is 6.65. The van der Waals surface area contributed by atoms with Crippen LogP contribution in [0.5, 0.6) is 0 Å². The average Bonchev–Trinajstić information content (AvgIpc) is 2.55. The van der Waals surface area contributed by atoms with Gasteiger partial charge in [0.2, 0.25) is 5.91 Å². The number of nitrogens with one attached hydrogen (secondary N) is 1. The fraction of sp³-hybridized carbons (Fsp3) is 0.350. The van der Waals surface area contributed by atoms with Crippen LogP contribution in [0.25, 0.3) is 0 Å². The molecule has 0 saturated carbocycles. The molecule has 0 bridgehead atoms. The van der Waals surface area contributed by atoms with Gasteiger partial charge in [-0.1, -0.05) is 50.2 Å². The minimum Gasteiger partial charge on any atom is -0.348 e. The first-order valence-electron chi connectivity index (χ1n) is 8.33. The third-order valence-electron chi connectivity index (χ3n) is 4.01. The smallest absolute Gasteiger partial charge is 0.234 e. The van der Waals surface area contributed by atoms with E-state index in [0.29, 0.717) is 5.56 Å². The molecule has 0 heterocycles. The summed E-state index contributed by atoms with van der Waals surface area (Å²) in [6.07, 6.45) is 0. The minimum atomic E-state index is -0.607. The fourth-order valence-corrected chi connectivity index (χ4v) is 2.76. The highest BCUT2D eigenvalue weighted by molar-refractivity contribution is 5.78. The number of amides is 1. The van der Waals surface area contributed by atoms with Crippen molar-refractivity contribution in [3.8, 4) is 0 Å². The molecule has 25 heavy (non-hydrogen) atoms. The molecule has 1 unspecified atom stereocenters. The van der Waals surface area contributed by atoms with Crippen molar-refractivity contribution in [1.29, 1.82) is 0 Å². The molecule has 134 valence electrons. The lowest BCUT2D eigenvalue weighted by Gasteiger charge is -2.24. The average molecular weight is 346 g/mol. The Hall–Kier alpha value is -2.27. The molecule has 1 atom stereocenters. The number of nitrogens with zero attached hydrogens (tertiary/aromatic N) is 1. The Labute approximate surface area is 147 Å². The summed E-state index contributed by atoms with van der Waals surface area (Å²) in [5.74, 6) is -1.10. The van der Waals surface area contributed by atoms with E-state index in [4.69, 9.17) is 0 Å². The number of hydrogen-bond acceptors (Lipinski definition) is 2. The van der Waals surface area contributed by atoms with Gasteiger partial charge in [0.05, 0.1) is 12.6 Å². The van der Waals surface area contributed by atoms with Gasteiger partial charge in [0.15, 0.2) is 0 Å². The van der Waals surface area contributed by atoms with E-state index < -0.39 is 11.6 Å². The van der Waals surface area contributed by atoms with Gasteiger partial charge in [-0.05, 0) is 24.6 Å². The van der Waals surface area contributed by atoms with Crippen molar-refractivity contribution in [3.05, 3.63) is 71.3 Å². The zero-order valence-electron chi connectivity index (χ0n) is 14.8. The first-order chi connectivity index (χ1) is 11.9. The highest BCUT2D eigenvalue weighted by Gasteiger charge is 2.19. The second kappa shape index (κ2) is 8.72. The lowest BCUT2D eigenvalue weighted by Crippen LogP contribution is -2.38. The first kappa shape index (κ1) is 19.1. The molecule has 2 aromatic carbocycles. The van der Waals surface area contributed by atoms with E-state index in [-0.39, 0.29) is 31.0 Å². The Balaban J connectivity index is 1.96. The van der Waals surface area contributed by atoms with E-state index in [1.165, 1.54) is 12.1 Å². The van der Waals surface area contributed by atoms with Crippen molar-refractivity contribution in [2.24, 2.45) is 5.92 Å². The largest absolute Gasteiger partial charge is 0.348 e. The Morgan fingerprint density at radius 1 is 1.12 bits per heavy atom. The summed E-state index contributed by atoms with van der Waals surface area (Å²) in [5, 5.41) is 3.04. The number of likely N-dealkylation sites (N-methyl/N-ethyl adjacent to an activating group) is 1. The summed E-state index contributed by atoms with van der Waals surface area (Å²) in [5.41, 5.74) is 1.42. The van der Waals surface area contributed by atoms with E-state index in [1.54, 1.807) is 11.9 Å². The molecule has 2 rings (SSSR count). The number of hydrogen-bond donors (Lipinski definition) is 1. The normalized spacial score (nSPS) is 12.4. The van der Waals surface area contributed by atoms with Gasteiger partial charge in [0.1, 0.15) is 11.6 Å². The number of benzene rings is 2. The number of carbonyl (C=O) groups is 1. The number of rotatable bonds is 7. The summed E-state index contributed by atoms with van der Waals surface area (Å²) in [6, 6.07) is 13.2. The molecule has 0 radical (unpaired) electrons. The van der Waals surface area contributed by atoms with Gasteiger partial charge in [-0.2, -0.15) is 0 Å². The summed E-state index contributed by atoms with van der Waals surface area (Å²) >= 11 is 0. The van der Waals surface area contributed by atoms with Gasteiger partial charge in [-0.3, -0.25) is 9.69 Å². The van der Waals surface area contributed by atoms with Crippen molar-refractivity contribution in [2.45, 2.75) is 26.4 Å². The molecule has 1 N–H and O–H groups in total. The van der Waals surface area contributed by atoms with Gasteiger partial charge in [0.25, 0.3) is 0 Å². The minimum absolute atomic E-state index is 0.0790. The third-order valence-corrected chi connectivity index (χ3v) is 4.01. The van der Waals surface area contributed by atoms with E-state index in [2.05, 4.69) is 19.2 Å². The Morgan fingerprint density at radius 2 is 1.80 bits per heavy atom. The number of halogens is 2. The maximum atomic E-state index is 13.7. The molecular formula is C20H24F2N2O. The molecule has 0 fully saturated rings. The Bertz CT molecular complexity index is 704. The molecule has 0 aliphatic heterocycles. The number of carbonyl (C=O) groups excluding carboxylic acids is 1. The van der Waals surface area contributed by atoms with E-state index in [9.17, 15) is 13.6 Å². The summed E-state index contributed by atoms with van der Waals surface area (Å²) < 4.78 is 26.7. The van der Waals surface area contributed by atoms with Crippen LogP contribution in [0.2, 0.25) is 0 Å². The van der Waals surface area contributed by atoms with Crippen molar-refractivity contribution < 1.29 is 13.6 Å². The van der Waals surface area contributed by atoms with Crippen LogP contribution in [0.3, 0.4) is 0 Å². The summed E-state index contributed by atoms with van der Waals surface area (Å²) in [4.78, 5) is 14.1. The molecule has 0 aromatic heterocycles. The highest BCUT2D eigenvalue weighted by atomic mass is 19.1. The van der Waals surface area contributed by atoms with Crippen LogP contribution in [-0.4, -0.2) is 24.4 Å². The lowest BCUT2D eigenvalue weighted by atomic mass is 9.96. The van der Waals surface area contributed by atoms with Crippen LogP contribution in [0.1, 0.15) is 31.0 Å². The molecule has 3 nitrogen and oxygen atoms in total. The summed E-state index contributed by atoms with van der Waals surface area (Å²) in [6.45, 7) is 4.47. The van der Waals surface area contributed by atoms with Gasteiger partial charge in [0, 0.05) is 18.2 Å². The molecule has 0 spiro atoms.